The van der Waals surface area contributed by atoms with E-state index in [9.17, 15) is 18.8 Å². The molecule has 1 aliphatic heterocycles. The van der Waals surface area contributed by atoms with Gasteiger partial charge < -0.3 is 20.7 Å². The van der Waals surface area contributed by atoms with Crippen molar-refractivity contribution in [2.45, 2.75) is 12.8 Å². The van der Waals surface area contributed by atoms with Gasteiger partial charge in [-0.15, -0.1) is 0 Å². The van der Waals surface area contributed by atoms with E-state index < -0.39 is 11.7 Å². The molecule has 0 radical (unpaired) electrons. The maximum absolute atomic E-state index is 13.1. The highest BCUT2D eigenvalue weighted by molar-refractivity contribution is 5.96. The number of halogens is 1. The van der Waals surface area contributed by atoms with Gasteiger partial charge in [0, 0.05) is 30.4 Å². The third-order valence-electron chi connectivity index (χ3n) is 4.65. The lowest BCUT2D eigenvalue weighted by molar-refractivity contribution is -0.121. The van der Waals surface area contributed by atoms with E-state index in [2.05, 4.69) is 5.32 Å². The predicted octanol–water partition coefficient (Wildman–Crippen LogP) is 2.18. The van der Waals surface area contributed by atoms with Crippen molar-refractivity contribution in [3.63, 3.8) is 0 Å². The van der Waals surface area contributed by atoms with Crippen LogP contribution in [-0.4, -0.2) is 42.3 Å². The van der Waals surface area contributed by atoms with Crippen LogP contribution >= 0.6 is 0 Å². The van der Waals surface area contributed by atoms with Crippen LogP contribution in [0, 0.1) is 11.7 Å². The number of nitrogens with zero attached hydrogens (tertiary/aromatic N) is 1. The summed E-state index contributed by atoms with van der Waals surface area (Å²) in [7, 11) is 0. The Labute approximate surface area is 167 Å². The first-order valence-electron chi connectivity index (χ1n) is 9.29. The van der Waals surface area contributed by atoms with Crippen molar-refractivity contribution >= 4 is 23.4 Å². The van der Waals surface area contributed by atoms with E-state index in [1.165, 1.54) is 24.3 Å². The number of nitrogens with one attached hydrogen (secondary N) is 1. The number of benzene rings is 2. The minimum atomic E-state index is -0.590. The summed E-state index contributed by atoms with van der Waals surface area (Å²) in [5.74, 6) is -1.35. The number of nitrogens with two attached hydrogens (primary N) is 1. The standard InChI is InChI=1S/C21H22FN3O4/c22-16-8-6-14(7-9-16)21(28)25-10-2-3-15(12-25)20(27)24-17-4-1-5-18(11-17)29-13-19(23)26/h1,4-9,11,15H,2-3,10,12-13H2,(H2,23,26)(H,24,27)/t15-/m1/s1. The van der Waals surface area contributed by atoms with Crippen molar-refractivity contribution in [1.29, 1.82) is 0 Å². The zero-order chi connectivity index (χ0) is 20.8. The van der Waals surface area contributed by atoms with E-state index in [0.717, 1.165) is 0 Å². The van der Waals surface area contributed by atoms with Crippen molar-refractivity contribution in [3.05, 3.63) is 59.9 Å². The normalized spacial score (nSPS) is 16.2. The molecule has 1 atom stereocenters. The van der Waals surface area contributed by atoms with Gasteiger partial charge in [-0.05, 0) is 49.2 Å². The molecular weight excluding hydrogens is 377 g/mol. The fourth-order valence-corrected chi connectivity index (χ4v) is 3.21. The van der Waals surface area contributed by atoms with Gasteiger partial charge >= 0.3 is 0 Å². The number of hydrogen-bond donors (Lipinski definition) is 2. The molecule has 3 N–H and O–H groups in total. The topological polar surface area (TPSA) is 102 Å². The lowest BCUT2D eigenvalue weighted by atomic mass is 9.96. The molecule has 152 valence electrons. The molecule has 0 aliphatic carbocycles. The molecule has 3 amide bonds. The Morgan fingerprint density at radius 3 is 2.66 bits per heavy atom. The van der Waals surface area contributed by atoms with E-state index in [1.807, 2.05) is 0 Å². The summed E-state index contributed by atoms with van der Waals surface area (Å²) < 4.78 is 18.3. The number of amides is 3. The molecule has 0 aromatic heterocycles. The molecule has 2 aromatic carbocycles. The molecule has 0 saturated carbocycles. The molecule has 0 bridgehead atoms. The van der Waals surface area contributed by atoms with E-state index in [-0.39, 0.29) is 24.3 Å². The van der Waals surface area contributed by atoms with Crippen LogP contribution in [0.15, 0.2) is 48.5 Å². The van der Waals surface area contributed by atoms with Crippen LogP contribution in [0.5, 0.6) is 5.75 Å². The highest BCUT2D eigenvalue weighted by atomic mass is 19.1. The fraction of sp³-hybridized carbons (Fsp3) is 0.286. The van der Waals surface area contributed by atoms with Crippen molar-refractivity contribution in [3.8, 4) is 5.75 Å². The minimum absolute atomic E-state index is 0.200. The van der Waals surface area contributed by atoms with Crippen LogP contribution in [0.2, 0.25) is 0 Å². The molecule has 1 heterocycles. The number of ether oxygens (including phenoxy) is 1. The van der Waals surface area contributed by atoms with Crippen LogP contribution in [0.1, 0.15) is 23.2 Å². The third-order valence-corrected chi connectivity index (χ3v) is 4.65. The second-order valence-electron chi connectivity index (χ2n) is 6.87. The summed E-state index contributed by atoms with van der Waals surface area (Å²) in [4.78, 5) is 37.7. The van der Waals surface area contributed by atoms with E-state index in [4.69, 9.17) is 10.5 Å². The smallest absolute Gasteiger partial charge is 0.255 e. The Hall–Kier alpha value is -3.42. The molecule has 2 aromatic rings. The van der Waals surface area contributed by atoms with Gasteiger partial charge in [0.2, 0.25) is 5.91 Å². The second-order valence-corrected chi connectivity index (χ2v) is 6.87. The monoisotopic (exact) mass is 399 g/mol. The second kappa shape index (κ2) is 9.18. The first-order chi connectivity index (χ1) is 13.9. The number of primary amides is 1. The minimum Gasteiger partial charge on any atom is -0.484 e. The molecular formula is C21H22FN3O4. The van der Waals surface area contributed by atoms with Crippen LogP contribution < -0.4 is 15.8 Å². The van der Waals surface area contributed by atoms with Gasteiger partial charge in [0.1, 0.15) is 11.6 Å². The Morgan fingerprint density at radius 1 is 1.17 bits per heavy atom. The van der Waals surface area contributed by atoms with Gasteiger partial charge in [0.25, 0.3) is 11.8 Å². The molecule has 0 spiro atoms. The molecule has 8 heteroatoms. The molecule has 0 unspecified atom stereocenters. The van der Waals surface area contributed by atoms with E-state index >= 15 is 0 Å². The quantitative estimate of drug-likeness (QED) is 0.777. The lowest BCUT2D eigenvalue weighted by Gasteiger charge is -2.32. The number of carbonyl (C=O) groups excluding carboxylic acids is 3. The van der Waals surface area contributed by atoms with Crippen molar-refractivity contribution in [1.82, 2.24) is 4.90 Å². The van der Waals surface area contributed by atoms with E-state index in [0.29, 0.717) is 42.9 Å². The Balaban J connectivity index is 1.61. The largest absolute Gasteiger partial charge is 0.484 e. The SMILES string of the molecule is NC(=O)COc1cccc(NC(=O)[C@@H]2CCCN(C(=O)c3ccc(F)cc3)C2)c1. The average molecular weight is 399 g/mol. The number of piperidine rings is 1. The lowest BCUT2D eigenvalue weighted by Crippen LogP contribution is -2.43. The van der Waals surface area contributed by atoms with Crippen LogP contribution in [0.4, 0.5) is 10.1 Å². The summed E-state index contributed by atoms with van der Waals surface area (Å²) in [6, 6.07) is 12.0. The third kappa shape index (κ3) is 5.54. The Kier molecular flexibility index (Phi) is 6.43. The zero-order valence-electron chi connectivity index (χ0n) is 15.8. The predicted molar refractivity (Wildman–Crippen MR) is 105 cm³/mol. The van der Waals surface area contributed by atoms with Gasteiger partial charge in [-0.2, -0.15) is 0 Å². The molecule has 1 aliphatic rings. The van der Waals surface area contributed by atoms with Crippen molar-refractivity contribution in [2.24, 2.45) is 11.7 Å². The number of anilines is 1. The number of hydrogen-bond acceptors (Lipinski definition) is 4. The fourth-order valence-electron chi connectivity index (χ4n) is 3.21. The van der Waals surface area contributed by atoms with Gasteiger partial charge in [-0.3, -0.25) is 14.4 Å². The summed E-state index contributed by atoms with van der Waals surface area (Å²) >= 11 is 0. The van der Waals surface area contributed by atoms with E-state index in [1.54, 1.807) is 29.2 Å². The molecule has 1 saturated heterocycles. The Bertz CT molecular complexity index is 901. The summed E-state index contributed by atoms with van der Waals surface area (Å²) in [5, 5.41) is 2.82. The number of likely N-dealkylation sites (tertiary alicyclic amines) is 1. The molecule has 29 heavy (non-hydrogen) atoms. The maximum Gasteiger partial charge on any atom is 0.255 e. The van der Waals surface area contributed by atoms with Crippen molar-refractivity contribution < 1.29 is 23.5 Å². The zero-order valence-corrected chi connectivity index (χ0v) is 15.8. The van der Waals surface area contributed by atoms with Gasteiger partial charge in [0.05, 0.1) is 5.92 Å². The van der Waals surface area contributed by atoms with Crippen LogP contribution in [0.3, 0.4) is 0 Å². The molecule has 7 nitrogen and oxygen atoms in total. The number of carbonyl (C=O) groups is 3. The maximum atomic E-state index is 13.1. The first kappa shape index (κ1) is 20.3. The summed E-state index contributed by atoms with van der Waals surface area (Å²) in [6.07, 6.45) is 1.36. The first-order valence-corrected chi connectivity index (χ1v) is 9.29. The van der Waals surface area contributed by atoms with Gasteiger partial charge in [-0.25, -0.2) is 4.39 Å². The van der Waals surface area contributed by atoms with Crippen molar-refractivity contribution in [2.75, 3.05) is 25.0 Å². The number of rotatable bonds is 6. The average Bonchev–Trinajstić information content (AvgIpc) is 2.72. The highest BCUT2D eigenvalue weighted by Gasteiger charge is 2.29. The summed E-state index contributed by atoms with van der Waals surface area (Å²) in [6.45, 7) is 0.594. The summed E-state index contributed by atoms with van der Waals surface area (Å²) in [5.41, 5.74) is 5.98. The molecule has 1 fully saturated rings. The van der Waals surface area contributed by atoms with Crippen LogP contribution in [0.25, 0.3) is 0 Å². The van der Waals surface area contributed by atoms with Gasteiger partial charge in [-0.1, -0.05) is 6.07 Å². The van der Waals surface area contributed by atoms with Gasteiger partial charge in [0.15, 0.2) is 6.61 Å². The molecule has 3 rings (SSSR count). The Morgan fingerprint density at radius 2 is 1.93 bits per heavy atom. The van der Waals surface area contributed by atoms with Crippen LogP contribution in [-0.2, 0) is 9.59 Å². The highest BCUT2D eigenvalue weighted by Crippen LogP contribution is 2.22.